The fourth-order valence-electron chi connectivity index (χ4n) is 1.46. The van der Waals surface area contributed by atoms with Crippen molar-refractivity contribution in [1.29, 1.82) is 0 Å². The first kappa shape index (κ1) is 11.2. The van der Waals surface area contributed by atoms with Crippen LogP contribution in [0.25, 0.3) is 0 Å². The lowest BCUT2D eigenvalue weighted by molar-refractivity contribution is 0.490. The highest BCUT2D eigenvalue weighted by atomic mass is 35.5. The van der Waals surface area contributed by atoms with E-state index in [1.165, 1.54) is 6.07 Å². The van der Waals surface area contributed by atoms with Crippen LogP contribution in [0.1, 0.15) is 22.9 Å². The zero-order valence-electron chi connectivity index (χ0n) is 8.71. The minimum absolute atomic E-state index is 0.273. The van der Waals surface area contributed by atoms with Crippen LogP contribution in [-0.2, 0) is 0 Å². The second kappa shape index (κ2) is 4.28. The van der Waals surface area contributed by atoms with Gasteiger partial charge < -0.3 is 10.2 Å². The first-order valence-electron chi connectivity index (χ1n) is 4.85. The number of aryl methyl sites for hydroxylation is 1. The zero-order valence-corrected chi connectivity index (χ0v) is 9.46. The van der Waals surface area contributed by atoms with Gasteiger partial charge in [-0.3, -0.25) is 0 Å². The molecule has 0 fully saturated rings. The third kappa shape index (κ3) is 2.10. The fourth-order valence-corrected chi connectivity index (χ4v) is 1.61. The Hall–Kier alpha value is -1.32. The molecule has 4 heteroatoms. The fraction of sp³-hybridized carbons (Fsp3) is 0.167. The van der Waals surface area contributed by atoms with Gasteiger partial charge in [0.2, 0.25) is 0 Å². The quantitative estimate of drug-likeness (QED) is 0.872. The van der Waals surface area contributed by atoms with Crippen LogP contribution in [0.5, 0.6) is 0 Å². The Morgan fingerprint density at radius 2 is 2.06 bits per heavy atom. The van der Waals surface area contributed by atoms with Crippen molar-refractivity contribution in [3.8, 4) is 0 Å². The normalized spacial score (nSPS) is 12.8. The summed E-state index contributed by atoms with van der Waals surface area (Å²) in [5.74, 6) is 0.249. The molecule has 2 rings (SSSR count). The molecule has 1 heterocycles. The highest BCUT2D eigenvalue weighted by Gasteiger charge is 2.14. The van der Waals surface area contributed by atoms with E-state index in [0.717, 1.165) is 0 Å². The Balaban J connectivity index is 2.33. The summed E-state index contributed by atoms with van der Waals surface area (Å²) in [6.45, 7) is 1.70. The maximum atomic E-state index is 13.3. The first-order valence-corrected chi connectivity index (χ1v) is 5.22. The van der Waals surface area contributed by atoms with Gasteiger partial charge >= 0.3 is 0 Å². The zero-order chi connectivity index (χ0) is 11.7. The lowest BCUT2D eigenvalue weighted by Gasteiger charge is -2.09. The van der Waals surface area contributed by atoms with Crippen LogP contribution in [0.15, 0.2) is 34.7 Å². The van der Waals surface area contributed by atoms with E-state index in [0.29, 0.717) is 16.9 Å². The highest BCUT2D eigenvalue weighted by Crippen LogP contribution is 2.24. The maximum absolute atomic E-state index is 13.3. The first-order chi connectivity index (χ1) is 7.58. The molecule has 0 spiro atoms. The van der Waals surface area contributed by atoms with Gasteiger partial charge in [0.1, 0.15) is 11.6 Å². The summed E-state index contributed by atoms with van der Waals surface area (Å²) in [5, 5.41) is 0.276. The monoisotopic (exact) mass is 239 g/mol. The number of benzene rings is 1. The molecule has 2 N–H and O–H groups in total. The topological polar surface area (TPSA) is 39.2 Å². The summed E-state index contributed by atoms with van der Waals surface area (Å²) in [7, 11) is 0. The predicted molar refractivity (Wildman–Crippen MR) is 60.9 cm³/mol. The number of rotatable bonds is 2. The van der Waals surface area contributed by atoms with E-state index in [1.54, 1.807) is 31.2 Å². The summed E-state index contributed by atoms with van der Waals surface area (Å²) in [4.78, 5) is 0. The van der Waals surface area contributed by atoms with Gasteiger partial charge in [0.15, 0.2) is 5.22 Å². The van der Waals surface area contributed by atoms with Crippen LogP contribution in [-0.4, -0.2) is 0 Å². The minimum Gasteiger partial charge on any atom is -0.448 e. The van der Waals surface area contributed by atoms with Gasteiger partial charge in [-0.15, -0.1) is 0 Å². The molecule has 0 radical (unpaired) electrons. The smallest absolute Gasteiger partial charge is 0.193 e. The van der Waals surface area contributed by atoms with Crippen LogP contribution < -0.4 is 5.73 Å². The number of hydrogen-bond acceptors (Lipinski definition) is 2. The Morgan fingerprint density at radius 3 is 2.62 bits per heavy atom. The van der Waals surface area contributed by atoms with Crippen molar-refractivity contribution < 1.29 is 8.81 Å². The van der Waals surface area contributed by atoms with Crippen LogP contribution in [0.4, 0.5) is 4.39 Å². The number of furan rings is 1. The molecule has 84 valence electrons. The van der Waals surface area contributed by atoms with Gasteiger partial charge in [0.05, 0.1) is 6.04 Å². The van der Waals surface area contributed by atoms with Crippen molar-refractivity contribution in [2.24, 2.45) is 5.73 Å². The summed E-state index contributed by atoms with van der Waals surface area (Å²) in [6.07, 6.45) is 0. The Bertz CT molecular complexity index is 509. The molecule has 0 aliphatic rings. The lowest BCUT2D eigenvalue weighted by Crippen LogP contribution is -2.11. The summed E-state index contributed by atoms with van der Waals surface area (Å²) in [6, 6.07) is 7.68. The molecule has 2 nitrogen and oxygen atoms in total. The van der Waals surface area contributed by atoms with Gasteiger partial charge in [0, 0.05) is 0 Å². The number of halogens is 2. The van der Waals surface area contributed by atoms with Crippen LogP contribution >= 0.6 is 11.6 Å². The predicted octanol–water partition coefficient (Wildman–Crippen LogP) is 3.43. The average Bonchev–Trinajstić information content (AvgIpc) is 2.68. The molecule has 1 atom stereocenters. The van der Waals surface area contributed by atoms with E-state index in [9.17, 15) is 4.39 Å². The molecule has 0 amide bonds. The van der Waals surface area contributed by atoms with Gasteiger partial charge in [-0.25, -0.2) is 4.39 Å². The molecule has 0 aliphatic heterocycles. The van der Waals surface area contributed by atoms with Crippen molar-refractivity contribution in [1.82, 2.24) is 0 Å². The number of nitrogens with two attached hydrogens (primary N) is 1. The molecule has 2 aromatic rings. The third-order valence-electron chi connectivity index (χ3n) is 2.46. The van der Waals surface area contributed by atoms with E-state index in [2.05, 4.69) is 0 Å². The average molecular weight is 240 g/mol. The largest absolute Gasteiger partial charge is 0.448 e. The Kier molecular flexibility index (Phi) is 2.99. The summed E-state index contributed by atoms with van der Waals surface area (Å²) < 4.78 is 18.5. The van der Waals surface area contributed by atoms with E-state index in [4.69, 9.17) is 21.8 Å². The van der Waals surface area contributed by atoms with Crippen LogP contribution in [0, 0.1) is 12.7 Å². The molecular formula is C12H11ClFNO. The summed E-state index contributed by atoms with van der Waals surface area (Å²) >= 11 is 5.65. The van der Waals surface area contributed by atoms with E-state index >= 15 is 0 Å². The minimum atomic E-state index is -0.498. The molecule has 0 saturated carbocycles. The molecule has 0 aliphatic carbocycles. The van der Waals surface area contributed by atoms with Crippen LogP contribution in [0.2, 0.25) is 5.22 Å². The van der Waals surface area contributed by atoms with Crippen molar-refractivity contribution >= 4 is 11.6 Å². The molecule has 0 saturated heterocycles. The molecule has 1 aromatic carbocycles. The SMILES string of the molecule is Cc1ccc(C(N)c2ccc(Cl)o2)cc1F. The van der Waals surface area contributed by atoms with Crippen molar-refractivity contribution in [2.45, 2.75) is 13.0 Å². The van der Waals surface area contributed by atoms with E-state index in [1.807, 2.05) is 0 Å². The molecule has 1 aromatic heterocycles. The van der Waals surface area contributed by atoms with Crippen molar-refractivity contribution in [3.05, 3.63) is 58.3 Å². The van der Waals surface area contributed by atoms with Gasteiger partial charge in [-0.05, 0) is 47.9 Å². The highest BCUT2D eigenvalue weighted by molar-refractivity contribution is 6.28. The molecular weight excluding hydrogens is 229 g/mol. The second-order valence-corrected chi connectivity index (χ2v) is 4.00. The standard InChI is InChI=1S/C12H11ClFNO/c1-7-2-3-8(6-9(7)14)12(15)10-4-5-11(13)16-10/h2-6,12H,15H2,1H3. The number of hydrogen-bond donors (Lipinski definition) is 1. The molecule has 1 unspecified atom stereocenters. The lowest BCUT2D eigenvalue weighted by atomic mass is 10.0. The van der Waals surface area contributed by atoms with Gasteiger partial charge in [-0.2, -0.15) is 0 Å². The Labute approximate surface area is 97.8 Å². The summed E-state index contributed by atoms with van der Waals surface area (Å²) in [5.41, 5.74) is 7.18. The third-order valence-corrected chi connectivity index (χ3v) is 2.66. The molecule has 16 heavy (non-hydrogen) atoms. The van der Waals surface area contributed by atoms with Crippen molar-refractivity contribution in [2.75, 3.05) is 0 Å². The molecule has 0 bridgehead atoms. The van der Waals surface area contributed by atoms with Crippen LogP contribution in [0.3, 0.4) is 0 Å². The van der Waals surface area contributed by atoms with Crippen molar-refractivity contribution in [3.63, 3.8) is 0 Å². The Morgan fingerprint density at radius 1 is 1.31 bits per heavy atom. The van der Waals surface area contributed by atoms with E-state index in [-0.39, 0.29) is 11.0 Å². The van der Waals surface area contributed by atoms with E-state index < -0.39 is 6.04 Å². The van der Waals surface area contributed by atoms with Gasteiger partial charge in [0.25, 0.3) is 0 Å². The maximum Gasteiger partial charge on any atom is 0.193 e. The van der Waals surface area contributed by atoms with Gasteiger partial charge in [-0.1, -0.05) is 12.1 Å². The second-order valence-electron chi connectivity index (χ2n) is 3.63.